The van der Waals surface area contributed by atoms with E-state index in [1.54, 1.807) is 0 Å². The number of nitrogens with zero attached hydrogens (tertiary/aromatic N) is 2. The van der Waals surface area contributed by atoms with Crippen LogP contribution in [0.5, 0.6) is 0 Å². The average Bonchev–Trinajstić information content (AvgIpc) is 2.22. The van der Waals surface area contributed by atoms with Crippen molar-refractivity contribution >= 4 is 6.20 Å². The van der Waals surface area contributed by atoms with Gasteiger partial charge in [0.05, 0.1) is 0 Å². The third kappa shape index (κ3) is 1.69. The Balaban J connectivity index is 3.63. The van der Waals surface area contributed by atoms with Crippen LogP contribution in [0.15, 0.2) is 6.58 Å². The molecule has 0 bridgehead atoms. The van der Waals surface area contributed by atoms with Gasteiger partial charge in [-0.1, -0.05) is 0 Å². The molecule has 0 saturated heterocycles. The molecule has 3 heteroatoms. The fourth-order valence-corrected chi connectivity index (χ4v) is 2.83. The second kappa shape index (κ2) is 3.60. The van der Waals surface area contributed by atoms with Crippen LogP contribution in [0.25, 0.3) is 6.20 Å². The molecule has 0 saturated carbocycles. The van der Waals surface area contributed by atoms with E-state index in [2.05, 4.69) is 67.3 Å². The molecule has 1 rings (SSSR count). The van der Waals surface area contributed by atoms with E-state index >= 15 is 0 Å². The van der Waals surface area contributed by atoms with Gasteiger partial charge in [0.1, 0.15) is 0 Å². The zero-order valence-corrected chi connectivity index (χ0v) is 11.0. The Morgan fingerprint density at radius 1 is 1.21 bits per heavy atom. The molecule has 0 aliphatic carbocycles. The van der Waals surface area contributed by atoms with Crippen molar-refractivity contribution in [2.45, 2.75) is 40.2 Å². The van der Waals surface area contributed by atoms with Crippen LogP contribution in [0.2, 0.25) is 0 Å². The maximum atomic E-state index is 3.83. The first-order valence-electron chi connectivity index (χ1n) is 4.76. The first-order chi connectivity index (χ1) is 6.30. The molecular formula is C11H18N2V. The molecule has 1 aromatic rings. The molecule has 0 fully saturated rings. The zero-order chi connectivity index (χ0) is 11.1. The van der Waals surface area contributed by atoms with Gasteiger partial charge in [0.15, 0.2) is 0 Å². The summed E-state index contributed by atoms with van der Waals surface area (Å²) in [5.74, 6) is 0. The van der Waals surface area contributed by atoms with Gasteiger partial charge < -0.3 is 0 Å². The third-order valence-corrected chi connectivity index (χ3v) is 3.14. The minimum absolute atomic E-state index is 0.117. The molecule has 77 valence electrons. The van der Waals surface area contributed by atoms with Crippen molar-refractivity contribution in [1.82, 2.24) is 9.13 Å². The first kappa shape index (κ1) is 11.6. The van der Waals surface area contributed by atoms with Gasteiger partial charge in [0, 0.05) is 0 Å². The molecule has 1 aromatic heterocycles. The summed E-state index contributed by atoms with van der Waals surface area (Å²) < 4.78 is 5.61. The molecule has 0 unspecified atom stereocenters. The van der Waals surface area contributed by atoms with Crippen LogP contribution in [-0.2, 0) is 22.5 Å². The quantitative estimate of drug-likeness (QED) is 0.700. The summed E-state index contributed by atoms with van der Waals surface area (Å²) in [5, 5.41) is 0. The van der Waals surface area contributed by atoms with E-state index in [1.807, 2.05) is 6.20 Å². The molecule has 2 nitrogen and oxygen atoms in total. The normalized spacial score (nSPS) is 11.7. The summed E-state index contributed by atoms with van der Waals surface area (Å²) >= 11 is 2.62. The van der Waals surface area contributed by atoms with Crippen LogP contribution in [0, 0.1) is 18.0 Å². The van der Waals surface area contributed by atoms with Crippen molar-refractivity contribution < 1.29 is 17.0 Å². The Bertz CT molecular complexity index is 416. The van der Waals surface area contributed by atoms with Gasteiger partial charge in [-0.3, -0.25) is 0 Å². The summed E-state index contributed by atoms with van der Waals surface area (Å²) in [6.45, 7) is 14.7. The standard InChI is InChI=1S/C11H18N2.V/c1-7-12-8-13(11(4,5)6)10(3)9(12)2;/h7H,1H2,2-6H3;. The van der Waals surface area contributed by atoms with E-state index in [-0.39, 0.29) is 5.54 Å². The van der Waals surface area contributed by atoms with Gasteiger partial charge in [0.25, 0.3) is 0 Å². The number of imidazole rings is 1. The summed E-state index contributed by atoms with van der Waals surface area (Å²) in [7, 11) is 0. The van der Waals surface area contributed by atoms with Crippen molar-refractivity contribution in [2.24, 2.45) is 0 Å². The Morgan fingerprint density at radius 2 is 1.71 bits per heavy atom. The summed E-state index contributed by atoms with van der Waals surface area (Å²) in [6, 6.07) is 0. The fraction of sp³-hybridized carbons (Fsp3) is 0.545. The number of aromatic nitrogens is 2. The van der Waals surface area contributed by atoms with E-state index < -0.39 is 0 Å². The Labute approximate surface area is 94.7 Å². The maximum absolute atomic E-state index is 3.83. The zero-order valence-electron chi connectivity index (χ0n) is 9.63. The van der Waals surface area contributed by atoms with Gasteiger partial charge >= 0.3 is 94.6 Å². The third-order valence-electron chi connectivity index (χ3n) is 2.49. The van der Waals surface area contributed by atoms with Crippen LogP contribution < -0.4 is 0 Å². The summed E-state index contributed by atoms with van der Waals surface area (Å²) in [5.41, 5.74) is 2.67. The first-order valence-corrected chi connectivity index (χ1v) is 5.46. The van der Waals surface area contributed by atoms with Crippen LogP contribution in [0.3, 0.4) is 0 Å². The molecule has 14 heavy (non-hydrogen) atoms. The van der Waals surface area contributed by atoms with Crippen molar-refractivity contribution in [1.29, 1.82) is 0 Å². The predicted octanol–water partition coefficient (Wildman–Crippen LogP) is 2.84. The van der Waals surface area contributed by atoms with Gasteiger partial charge in [-0.05, 0) is 0 Å². The van der Waals surface area contributed by atoms with Crippen molar-refractivity contribution in [2.75, 3.05) is 0 Å². The molecule has 0 amide bonds. The molecule has 0 aromatic carbocycles. The molecule has 0 spiro atoms. The molecule has 1 heterocycles. The molecule has 0 aliphatic heterocycles. The Morgan fingerprint density at radius 3 is 1.93 bits per heavy atom. The average molecular weight is 229 g/mol. The molecular weight excluding hydrogens is 211 g/mol. The monoisotopic (exact) mass is 229 g/mol. The molecule has 0 aliphatic rings. The fourth-order valence-electron chi connectivity index (χ4n) is 1.77. The molecule has 0 radical (unpaired) electrons. The topological polar surface area (TPSA) is 9.86 Å². The SMILES string of the molecule is C=Cn1c(C)c(C)n(C(C)(C)C)[c]1=[V]. The number of rotatable bonds is 1. The second-order valence-electron chi connectivity index (χ2n) is 4.53. The van der Waals surface area contributed by atoms with Gasteiger partial charge in [-0.2, -0.15) is 0 Å². The second-order valence-corrected chi connectivity index (χ2v) is 5.15. The van der Waals surface area contributed by atoms with E-state index in [1.165, 1.54) is 15.5 Å². The Kier molecular flexibility index (Phi) is 2.98. The van der Waals surface area contributed by atoms with Crippen LogP contribution in [-0.4, -0.2) is 9.13 Å². The predicted molar refractivity (Wildman–Crippen MR) is 56.5 cm³/mol. The van der Waals surface area contributed by atoms with E-state index in [4.69, 9.17) is 0 Å². The van der Waals surface area contributed by atoms with Crippen LogP contribution >= 0.6 is 0 Å². The Hall–Kier alpha value is -0.466. The number of hydrogen-bond donors (Lipinski definition) is 0. The van der Waals surface area contributed by atoms with Crippen molar-refractivity contribution in [3.05, 3.63) is 22.1 Å². The van der Waals surface area contributed by atoms with E-state index in [0.29, 0.717) is 0 Å². The van der Waals surface area contributed by atoms with Crippen LogP contribution in [0.4, 0.5) is 0 Å². The summed E-state index contributed by atoms with van der Waals surface area (Å²) in [6.07, 6.45) is 1.86. The molecule has 0 atom stereocenters. The van der Waals surface area contributed by atoms with Gasteiger partial charge in [0.2, 0.25) is 0 Å². The molecule has 0 N–H and O–H groups in total. The minimum atomic E-state index is 0.117. The van der Waals surface area contributed by atoms with Crippen LogP contribution in [0.1, 0.15) is 32.2 Å². The van der Waals surface area contributed by atoms with Crippen molar-refractivity contribution in [3.63, 3.8) is 0 Å². The van der Waals surface area contributed by atoms with E-state index in [0.717, 1.165) is 0 Å². The van der Waals surface area contributed by atoms with Crippen molar-refractivity contribution in [3.8, 4) is 0 Å². The summed E-state index contributed by atoms with van der Waals surface area (Å²) in [4.78, 5) is 0. The number of hydrogen-bond acceptors (Lipinski definition) is 0. The van der Waals surface area contributed by atoms with Gasteiger partial charge in [-0.15, -0.1) is 0 Å². The van der Waals surface area contributed by atoms with Gasteiger partial charge in [-0.25, -0.2) is 0 Å². The van der Waals surface area contributed by atoms with E-state index in [9.17, 15) is 0 Å².